The molecule has 1 aromatic carbocycles. The lowest BCUT2D eigenvalue weighted by atomic mass is 9.86. The third-order valence-corrected chi connectivity index (χ3v) is 6.75. The van der Waals surface area contributed by atoms with Crippen LogP contribution in [0.1, 0.15) is 81.3 Å². The number of hydrogen-bond donors (Lipinski definition) is 4. The number of aliphatic hydroxyl groups excluding tert-OH is 2. The first-order valence-electron chi connectivity index (χ1n) is 11.5. The van der Waals surface area contributed by atoms with Gasteiger partial charge < -0.3 is 30.1 Å². The Morgan fingerprint density at radius 2 is 2.09 bits per heavy atom. The van der Waals surface area contributed by atoms with Gasteiger partial charge in [0, 0.05) is 17.7 Å². The van der Waals surface area contributed by atoms with Crippen LogP contribution in [-0.4, -0.2) is 61.7 Å². The van der Waals surface area contributed by atoms with Crippen LogP contribution in [0.25, 0.3) is 0 Å². The highest BCUT2D eigenvalue weighted by Crippen LogP contribution is 2.46. The van der Waals surface area contributed by atoms with Crippen molar-refractivity contribution in [1.82, 2.24) is 4.90 Å². The van der Waals surface area contributed by atoms with Gasteiger partial charge in [0.15, 0.2) is 0 Å². The van der Waals surface area contributed by atoms with Crippen LogP contribution in [0.3, 0.4) is 0 Å². The molecule has 2 aliphatic rings. The molecule has 32 heavy (non-hydrogen) atoms. The Morgan fingerprint density at radius 3 is 2.75 bits per heavy atom. The summed E-state index contributed by atoms with van der Waals surface area (Å²) in [6.45, 7) is 7.86. The maximum absolute atomic E-state index is 12.6. The number of aliphatic hydroxyl groups is 3. The van der Waals surface area contributed by atoms with Gasteiger partial charge in [0.25, 0.3) is 5.91 Å². The van der Waals surface area contributed by atoms with E-state index in [1.54, 1.807) is 18.7 Å². The molecule has 0 saturated heterocycles. The van der Waals surface area contributed by atoms with Gasteiger partial charge in [-0.05, 0) is 72.3 Å². The van der Waals surface area contributed by atoms with E-state index in [9.17, 15) is 25.2 Å². The minimum atomic E-state index is -1.10. The summed E-state index contributed by atoms with van der Waals surface area (Å²) < 4.78 is 6.44. The second kappa shape index (κ2) is 9.41. The predicted molar refractivity (Wildman–Crippen MR) is 122 cm³/mol. The SMILES string of the molecule is C/C(=C\CC[C@@]1(C)CCc2c(O)cc3c(c2O1)CN(CCO)C3=O)CCC(O)C(C)(C)O. The van der Waals surface area contributed by atoms with Crippen molar-refractivity contribution in [2.45, 2.75) is 90.1 Å². The lowest BCUT2D eigenvalue weighted by Gasteiger charge is -2.37. The first kappa shape index (κ1) is 24.6. The second-order valence-corrected chi connectivity index (χ2v) is 10.0. The highest BCUT2D eigenvalue weighted by atomic mass is 16.5. The Kier molecular flexibility index (Phi) is 7.22. The van der Waals surface area contributed by atoms with Crippen LogP contribution in [0.5, 0.6) is 11.5 Å². The molecule has 0 fully saturated rings. The summed E-state index contributed by atoms with van der Waals surface area (Å²) in [6.07, 6.45) is 5.67. The summed E-state index contributed by atoms with van der Waals surface area (Å²) in [4.78, 5) is 14.2. The van der Waals surface area contributed by atoms with Crippen LogP contribution >= 0.6 is 0 Å². The number of β-amino-alcohol motifs (C(OH)–C–C–N with tert-alkyl or cyclic N) is 1. The first-order chi connectivity index (χ1) is 14.9. The topological polar surface area (TPSA) is 110 Å². The van der Waals surface area contributed by atoms with Gasteiger partial charge >= 0.3 is 0 Å². The molecule has 2 aliphatic heterocycles. The number of fused-ring (bicyclic) bond motifs is 3. The Bertz CT molecular complexity index is 887. The molecule has 178 valence electrons. The standard InChI is InChI=1S/C25H37NO6/c1-16(7-8-21(29)24(2,3)31)6-5-10-25(4)11-9-17-20(28)14-18-19(22(17)32-25)15-26(12-13-27)23(18)30/h6,14,21,27-29,31H,5,7-13,15H2,1-4H3/b16-6+/t21?,25-/m0/s1. The number of phenolic OH excluding ortho intramolecular Hbond substituents is 1. The number of ether oxygens (including phenoxy) is 1. The van der Waals surface area contributed by atoms with Crippen LogP contribution in [0.4, 0.5) is 0 Å². The molecule has 1 aromatic rings. The normalized spacial score (nSPS) is 21.9. The number of carbonyl (C=O) groups excluding carboxylic acids is 1. The number of aromatic hydroxyl groups is 1. The van der Waals surface area contributed by atoms with Gasteiger partial charge in [-0.15, -0.1) is 0 Å². The maximum atomic E-state index is 12.6. The molecular formula is C25H37NO6. The van der Waals surface area contributed by atoms with Crippen molar-refractivity contribution in [3.05, 3.63) is 34.4 Å². The van der Waals surface area contributed by atoms with Gasteiger partial charge in [0.2, 0.25) is 0 Å². The zero-order chi connectivity index (χ0) is 23.7. The minimum Gasteiger partial charge on any atom is -0.508 e. The van der Waals surface area contributed by atoms with E-state index in [2.05, 4.69) is 13.0 Å². The largest absolute Gasteiger partial charge is 0.508 e. The fraction of sp³-hybridized carbons (Fsp3) is 0.640. The average molecular weight is 448 g/mol. The lowest BCUT2D eigenvalue weighted by Crippen LogP contribution is -2.36. The van der Waals surface area contributed by atoms with Gasteiger partial charge in [-0.2, -0.15) is 0 Å². The van der Waals surface area contributed by atoms with Gasteiger partial charge in [-0.3, -0.25) is 4.79 Å². The molecule has 1 unspecified atom stereocenters. The number of allylic oxidation sites excluding steroid dienone is 2. The van der Waals surface area contributed by atoms with E-state index in [-0.39, 0.29) is 24.8 Å². The molecule has 4 N–H and O–H groups in total. The molecule has 3 rings (SSSR count). The van der Waals surface area contributed by atoms with E-state index in [1.807, 2.05) is 6.92 Å². The predicted octanol–water partition coefficient (Wildman–Crippen LogP) is 3.06. The fourth-order valence-corrected chi connectivity index (χ4v) is 4.49. The second-order valence-electron chi connectivity index (χ2n) is 10.0. The van der Waals surface area contributed by atoms with Crippen LogP contribution in [-0.2, 0) is 13.0 Å². The van der Waals surface area contributed by atoms with Gasteiger partial charge in [-0.25, -0.2) is 0 Å². The number of amides is 1. The van der Waals surface area contributed by atoms with Crippen molar-refractivity contribution in [1.29, 1.82) is 0 Å². The van der Waals surface area contributed by atoms with Crippen molar-refractivity contribution >= 4 is 5.91 Å². The number of nitrogens with zero attached hydrogens (tertiary/aromatic N) is 1. The molecule has 1 amide bonds. The van der Waals surface area contributed by atoms with Crippen molar-refractivity contribution in [2.24, 2.45) is 0 Å². The van der Waals surface area contributed by atoms with E-state index in [0.717, 1.165) is 42.4 Å². The first-order valence-corrected chi connectivity index (χ1v) is 11.5. The number of benzene rings is 1. The third-order valence-electron chi connectivity index (χ3n) is 6.75. The number of rotatable bonds is 9. The molecule has 0 radical (unpaired) electrons. The minimum absolute atomic E-state index is 0.0982. The van der Waals surface area contributed by atoms with E-state index in [0.29, 0.717) is 30.7 Å². The summed E-state index contributed by atoms with van der Waals surface area (Å²) in [7, 11) is 0. The van der Waals surface area contributed by atoms with E-state index < -0.39 is 17.3 Å². The highest BCUT2D eigenvalue weighted by Gasteiger charge is 2.39. The van der Waals surface area contributed by atoms with Crippen LogP contribution < -0.4 is 4.74 Å². The van der Waals surface area contributed by atoms with E-state index >= 15 is 0 Å². The molecule has 7 heteroatoms. The molecule has 0 aliphatic carbocycles. The molecule has 2 atom stereocenters. The summed E-state index contributed by atoms with van der Waals surface area (Å²) in [6, 6.07) is 1.54. The Hall–Kier alpha value is -2.09. The third kappa shape index (κ3) is 5.27. The van der Waals surface area contributed by atoms with Crippen molar-refractivity contribution in [3.63, 3.8) is 0 Å². The summed E-state index contributed by atoms with van der Waals surface area (Å²) >= 11 is 0. The molecule has 2 heterocycles. The van der Waals surface area contributed by atoms with Crippen LogP contribution in [0.15, 0.2) is 17.7 Å². The van der Waals surface area contributed by atoms with Gasteiger partial charge in [0.05, 0.1) is 30.4 Å². The molecular weight excluding hydrogens is 410 g/mol. The van der Waals surface area contributed by atoms with Crippen LogP contribution in [0, 0.1) is 0 Å². The van der Waals surface area contributed by atoms with Crippen molar-refractivity contribution < 1.29 is 30.0 Å². The number of carbonyl (C=O) groups is 1. The van der Waals surface area contributed by atoms with Gasteiger partial charge in [-0.1, -0.05) is 11.6 Å². The van der Waals surface area contributed by atoms with Crippen molar-refractivity contribution in [2.75, 3.05) is 13.2 Å². The Morgan fingerprint density at radius 1 is 1.38 bits per heavy atom. The summed E-state index contributed by atoms with van der Waals surface area (Å²) in [5.41, 5.74) is 1.67. The molecule has 7 nitrogen and oxygen atoms in total. The zero-order valence-electron chi connectivity index (χ0n) is 19.6. The van der Waals surface area contributed by atoms with E-state index in [4.69, 9.17) is 4.74 Å². The fourth-order valence-electron chi connectivity index (χ4n) is 4.49. The van der Waals surface area contributed by atoms with Crippen molar-refractivity contribution in [3.8, 4) is 11.5 Å². The zero-order valence-corrected chi connectivity index (χ0v) is 19.6. The molecule has 0 aromatic heterocycles. The summed E-state index contributed by atoms with van der Waals surface area (Å²) in [5.74, 6) is 0.535. The molecule has 0 spiro atoms. The van der Waals surface area contributed by atoms with Gasteiger partial charge in [0.1, 0.15) is 17.1 Å². The Balaban J connectivity index is 1.67. The monoisotopic (exact) mass is 447 g/mol. The van der Waals surface area contributed by atoms with Crippen LogP contribution in [0.2, 0.25) is 0 Å². The Labute approximate surface area is 190 Å². The highest BCUT2D eigenvalue weighted by molar-refractivity contribution is 6.00. The lowest BCUT2D eigenvalue weighted by molar-refractivity contribution is -0.0509. The quantitative estimate of drug-likeness (QED) is 0.433. The van der Waals surface area contributed by atoms with E-state index in [1.165, 1.54) is 6.07 Å². The summed E-state index contributed by atoms with van der Waals surface area (Å²) in [5, 5.41) is 39.6. The molecule has 0 bridgehead atoms. The number of hydrogen-bond acceptors (Lipinski definition) is 6. The number of phenols is 1. The molecule has 0 saturated carbocycles. The smallest absolute Gasteiger partial charge is 0.254 e. The maximum Gasteiger partial charge on any atom is 0.254 e. The average Bonchev–Trinajstić information content (AvgIpc) is 3.01.